The molecule has 3 N–H and O–H groups in total. The van der Waals surface area contributed by atoms with Crippen LogP contribution in [0.1, 0.15) is 6.92 Å². The number of benzene rings is 1. The first-order chi connectivity index (χ1) is 10.5. The lowest BCUT2D eigenvalue weighted by Crippen LogP contribution is -2.37. The molecule has 22 heavy (non-hydrogen) atoms. The van der Waals surface area contributed by atoms with Crippen LogP contribution in [-0.2, 0) is 4.79 Å². The first-order valence-electron chi connectivity index (χ1n) is 6.25. The monoisotopic (exact) mass is 305 g/mol. The zero-order valence-corrected chi connectivity index (χ0v) is 11.8. The summed E-state index contributed by atoms with van der Waals surface area (Å²) in [5.41, 5.74) is 2.31. The second-order valence-electron chi connectivity index (χ2n) is 3.95. The Hall–Kier alpha value is -3.23. The largest absolute Gasteiger partial charge is 0.329 e. The third-order valence-corrected chi connectivity index (χ3v) is 2.27. The number of non-ortho nitro benzene ring substituents is 1. The van der Waals surface area contributed by atoms with Crippen LogP contribution >= 0.6 is 0 Å². The topological polar surface area (TPSA) is 126 Å². The molecule has 0 aromatic heterocycles. The summed E-state index contributed by atoms with van der Waals surface area (Å²) in [5.74, 6) is -0.505. The van der Waals surface area contributed by atoms with Gasteiger partial charge in [-0.1, -0.05) is 12.1 Å². The molecule has 0 saturated heterocycles. The van der Waals surface area contributed by atoms with Gasteiger partial charge in [0.2, 0.25) is 0 Å². The molecule has 0 aliphatic heterocycles. The molecule has 0 aliphatic rings. The lowest BCUT2D eigenvalue weighted by atomic mass is 10.3. The lowest BCUT2D eigenvalue weighted by molar-refractivity contribution is -0.384. The SMILES string of the molecule is CC=CC=NNC(=O)CNC(=O)Nc1cccc([N+](=O)[O-])c1. The van der Waals surface area contributed by atoms with Crippen molar-refractivity contribution in [3.8, 4) is 0 Å². The lowest BCUT2D eigenvalue weighted by Gasteiger charge is -2.06. The molecule has 0 spiro atoms. The first-order valence-corrected chi connectivity index (χ1v) is 6.25. The third-order valence-electron chi connectivity index (χ3n) is 2.27. The maximum Gasteiger partial charge on any atom is 0.319 e. The summed E-state index contributed by atoms with van der Waals surface area (Å²) >= 11 is 0. The highest BCUT2D eigenvalue weighted by Gasteiger charge is 2.08. The van der Waals surface area contributed by atoms with Gasteiger partial charge in [-0.05, 0) is 19.1 Å². The summed E-state index contributed by atoms with van der Waals surface area (Å²) in [4.78, 5) is 32.9. The van der Waals surface area contributed by atoms with E-state index in [1.54, 1.807) is 19.1 Å². The Kier molecular flexibility index (Phi) is 6.76. The molecule has 9 nitrogen and oxygen atoms in total. The summed E-state index contributed by atoms with van der Waals surface area (Å²) in [6.07, 6.45) is 4.75. The molecule has 0 fully saturated rings. The van der Waals surface area contributed by atoms with Gasteiger partial charge in [0.15, 0.2) is 0 Å². The van der Waals surface area contributed by atoms with E-state index in [0.29, 0.717) is 0 Å². The van der Waals surface area contributed by atoms with Crippen molar-refractivity contribution in [2.75, 3.05) is 11.9 Å². The Balaban J connectivity index is 2.42. The fraction of sp³-hybridized carbons (Fsp3) is 0.154. The van der Waals surface area contributed by atoms with Gasteiger partial charge >= 0.3 is 6.03 Å². The molecule has 0 atom stereocenters. The number of nitrogens with one attached hydrogen (secondary N) is 3. The van der Waals surface area contributed by atoms with E-state index in [2.05, 4.69) is 21.2 Å². The highest BCUT2D eigenvalue weighted by Crippen LogP contribution is 2.16. The van der Waals surface area contributed by atoms with E-state index in [0.717, 1.165) is 0 Å². The van der Waals surface area contributed by atoms with Gasteiger partial charge in [-0.3, -0.25) is 14.9 Å². The first kappa shape index (κ1) is 16.8. The molecular formula is C13H15N5O4. The molecule has 1 aromatic rings. The predicted octanol–water partition coefficient (Wildman–Crippen LogP) is 1.39. The second-order valence-corrected chi connectivity index (χ2v) is 3.95. The number of rotatable bonds is 6. The van der Waals surface area contributed by atoms with Gasteiger partial charge in [0.25, 0.3) is 11.6 Å². The second kappa shape index (κ2) is 8.84. The Labute approximate surface area is 126 Å². The summed E-state index contributed by atoms with van der Waals surface area (Å²) in [5, 5.41) is 18.9. The van der Waals surface area contributed by atoms with Crippen molar-refractivity contribution < 1.29 is 14.5 Å². The van der Waals surface area contributed by atoms with Gasteiger partial charge in [0.05, 0.1) is 4.92 Å². The van der Waals surface area contributed by atoms with Gasteiger partial charge in [-0.15, -0.1) is 0 Å². The Morgan fingerprint density at radius 3 is 2.86 bits per heavy atom. The Morgan fingerprint density at radius 2 is 2.18 bits per heavy atom. The van der Waals surface area contributed by atoms with Crippen LogP contribution in [0.3, 0.4) is 0 Å². The zero-order valence-electron chi connectivity index (χ0n) is 11.8. The van der Waals surface area contributed by atoms with Crippen LogP contribution in [-0.4, -0.2) is 29.6 Å². The maximum absolute atomic E-state index is 11.6. The van der Waals surface area contributed by atoms with E-state index in [9.17, 15) is 19.7 Å². The number of hydrogen-bond acceptors (Lipinski definition) is 5. The Morgan fingerprint density at radius 1 is 1.41 bits per heavy atom. The maximum atomic E-state index is 11.6. The number of hydrogen-bond donors (Lipinski definition) is 3. The van der Waals surface area contributed by atoms with Crippen molar-refractivity contribution in [2.24, 2.45) is 5.10 Å². The molecule has 3 amide bonds. The molecule has 0 bridgehead atoms. The van der Waals surface area contributed by atoms with Crippen molar-refractivity contribution in [2.45, 2.75) is 6.92 Å². The minimum atomic E-state index is -0.659. The van der Waals surface area contributed by atoms with Crippen LogP contribution in [0.15, 0.2) is 41.5 Å². The van der Waals surface area contributed by atoms with Crippen LogP contribution in [0, 0.1) is 10.1 Å². The average Bonchev–Trinajstić information content (AvgIpc) is 2.50. The number of amides is 3. The quantitative estimate of drug-likeness (QED) is 0.417. The molecule has 0 aliphatic carbocycles. The molecule has 1 aromatic carbocycles. The number of carbonyl (C=O) groups is 2. The van der Waals surface area contributed by atoms with Crippen LogP contribution in [0.2, 0.25) is 0 Å². The Bertz CT molecular complexity index is 612. The highest BCUT2D eigenvalue weighted by molar-refractivity contribution is 5.92. The van der Waals surface area contributed by atoms with Gasteiger partial charge in [0, 0.05) is 24.0 Å². The normalized spacial score (nSPS) is 10.6. The van der Waals surface area contributed by atoms with Crippen LogP contribution in [0.5, 0.6) is 0 Å². The van der Waals surface area contributed by atoms with E-state index in [1.165, 1.54) is 30.5 Å². The minimum absolute atomic E-state index is 0.145. The molecule has 116 valence electrons. The number of allylic oxidation sites excluding steroid dienone is 2. The zero-order chi connectivity index (χ0) is 16.4. The van der Waals surface area contributed by atoms with Crippen LogP contribution in [0.25, 0.3) is 0 Å². The van der Waals surface area contributed by atoms with Crippen LogP contribution < -0.4 is 16.1 Å². The number of nitrogens with zero attached hydrogens (tertiary/aromatic N) is 2. The van der Waals surface area contributed by atoms with Crippen molar-refractivity contribution in [3.05, 3.63) is 46.5 Å². The summed E-state index contributed by atoms with van der Waals surface area (Å²) < 4.78 is 0. The van der Waals surface area contributed by atoms with E-state index >= 15 is 0 Å². The summed E-state index contributed by atoms with van der Waals surface area (Å²) in [6.45, 7) is 1.52. The molecule has 9 heteroatoms. The number of nitro groups is 1. The fourth-order valence-corrected chi connectivity index (χ4v) is 1.31. The van der Waals surface area contributed by atoms with E-state index in [4.69, 9.17) is 0 Å². The summed E-state index contributed by atoms with van der Waals surface area (Å²) in [6, 6.07) is 4.79. The minimum Gasteiger partial charge on any atom is -0.329 e. The molecule has 0 heterocycles. The number of nitro benzene ring substituents is 1. The highest BCUT2D eigenvalue weighted by atomic mass is 16.6. The third kappa shape index (κ3) is 6.28. The number of urea groups is 1. The van der Waals surface area contributed by atoms with Gasteiger partial charge in [-0.2, -0.15) is 5.10 Å². The molecule has 0 saturated carbocycles. The average molecular weight is 305 g/mol. The van der Waals surface area contributed by atoms with Crippen molar-refractivity contribution in [1.29, 1.82) is 0 Å². The predicted molar refractivity (Wildman–Crippen MR) is 81.6 cm³/mol. The van der Waals surface area contributed by atoms with E-state index < -0.39 is 16.9 Å². The number of hydrazone groups is 1. The van der Waals surface area contributed by atoms with Crippen molar-refractivity contribution in [1.82, 2.24) is 10.7 Å². The molecule has 0 radical (unpaired) electrons. The number of carbonyl (C=O) groups excluding carboxylic acids is 2. The van der Waals surface area contributed by atoms with Gasteiger partial charge in [-0.25, -0.2) is 10.2 Å². The standard InChI is InChI=1S/C13H15N5O4/c1-2-3-7-15-17-12(19)9-14-13(20)16-10-5-4-6-11(8-10)18(21)22/h2-8H,9H2,1H3,(H,17,19)(H2,14,16,20). The summed E-state index contributed by atoms with van der Waals surface area (Å²) in [7, 11) is 0. The molecule has 0 unspecified atom stereocenters. The smallest absolute Gasteiger partial charge is 0.319 e. The fourth-order valence-electron chi connectivity index (χ4n) is 1.31. The molecular weight excluding hydrogens is 290 g/mol. The van der Waals surface area contributed by atoms with Gasteiger partial charge in [0.1, 0.15) is 6.54 Å². The van der Waals surface area contributed by atoms with Gasteiger partial charge < -0.3 is 10.6 Å². The van der Waals surface area contributed by atoms with E-state index in [1.807, 2.05) is 0 Å². The van der Waals surface area contributed by atoms with E-state index in [-0.39, 0.29) is 17.9 Å². The van der Waals surface area contributed by atoms with Crippen molar-refractivity contribution >= 4 is 29.5 Å². The number of anilines is 1. The van der Waals surface area contributed by atoms with Crippen LogP contribution in [0.4, 0.5) is 16.2 Å². The van der Waals surface area contributed by atoms with Crippen molar-refractivity contribution in [3.63, 3.8) is 0 Å². The molecule has 1 rings (SSSR count).